The van der Waals surface area contributed by atoms with Gasteiger partial charge in [0.05, 0.1) is 24.4 Å². The molecule has 3 atom stereocenters. The zero-order valence-corrected chi connectivity index (χ0v) is 25.3. The van der Waals surface area contributed by atoms with E-state index < -0.39 is 12.3 Å². The molecule has 0 radical (unpaired) electrons. The van der Waals surface area contributed by atoms with Crippen LogP contribution in [0, 0.1) is 0 Å². The van der Waals surface area contributed by atoms with Crippen molar-refractivity contribution >= 4 is 23.8 Å². The Morgan fingerprint density at radius 1 is 0.841 bits per heavy atom. The van der Waals surface area contributed by atoms with E-state index in [9.17, 15) is 19.8 Å². The van der Waals surface area contributed by atoms with E-state index >= 15 is 0 Å². The number of hydrogen-bond acceptors (Lipinski definition) is 6. The van der Waals surface area contributed by atoms with Crippen LogP contribution in [0.25, 0.3) is 11.1 Å². The number of aromatic carboxylic acids is 1. The van der Waals surface area contributed by atoms with Crippen LogP contribution in [0.4, 0.5) is 4.79 Å². The first kappa shape index (κ1) is 31.3. The summed E-state index contributed by atoms with van der Waals surface area (Å²) in [5, 5.41) is 24.3. The number of carboxylic acids is 1. The number of carbonyl (C=O) groups excluding carboxylic acids is 1. The Kier molecular flexibility index (Phi) is 10.7. The van der Waals surface area contributed by atoms with Gasteiger partial charge in [-0.25, -0.2) is 9.59 Å². The topological polar surface area (TPSA) is 117 Å². The molecule has 5 rings (SSSR count). The van der Waals surface area contributed by atoms with Gasteiger partial charge in [0.2, 0.25) is 0 Å². The van der Waals surface area contributed by atoms with Crippen molar-refractivity contribution in [2.75, 3.05) is 12.3 Å². The molecule has 4 aromatic rings. The second kappa shape index (κ2) is 15.0. The predicted octanol–water partition coefficient (Wildman–Crippen LogP) is 6.70. The first-order valence-corrected chi connectivity index (χ1v) is 15.6. The first-order chi connectivity index (χ1) is 21.4. The number of carboxylic acid groups (broad SMARTS) is 1. The standard InChI is InChI=1S/C35H36N2O6S/c1-2-36-35(41)37-20-24-4-3-5-29(18-24)25-10-12-28(13-11-25)34-42-30(22-44-31-16-14-27(15-17-31)33(39)40)19-32(43-34)26-8-6-23(21-38)7-9-26/h3-18,30,32,34,38H,2,19-22H2,1H3,(H,39,40)(H2,36,37,41)/t30-,32+,34+/m1/s1. The highest BCUT2D eigenvalue weighted by atomic mass is 32.2. The van der Waals surface area contributed by atoms with Gasteiger partial charge in [-0.15, -0.1) is 11.8 Å². The summed E-state index contributed by atoms with van der Waals surface area (Å²) < 4.78 is 13.0. The number of hydrogen-bond donors (Lipinski definition) is 4. The Morgan fingerprint density at radius 2 is 1.57 bits per heavy atom. The van der Waals surface area contributed by atoms with Crippen LogP contribution < -0.4 is 10.6 Å². The quantitative estimate of drug-likeness (QED) is 0.139. The predicted molar refractivity (Wildman–Crippen MR) is 170 cm³/mol. The average molecular weight is 613 g/mol. The fourth-order valence-electron chi connectivity index (χ4n) is 5.00. The van der Waals surface area contributed by atoms with Gasteiger partial charge in [-0.2, -0.15) is 0 Å². The molecule has 0 saturated carbocycles. The van der Waals surface area contributed by atoms with E-state index in [4.69, 9.17) is 9.47 Å². The molecule has 4 aromatic carbocycles. The highest BCUT2D eigenvalue weighted by molar-refractivity contribution is 7.99. The van der Waals surface area contributed by atoms with E-state index in [-0.39, 0.29) is 30.4 Å². The molecular weight excluding hydrogens is 576 g/mol. The third-order valence-corrected chi connectivity index (χ3v) is 8.53. The Bertz CT molecular complexity index is 1540. The van der Waals surface area contributed by atoms with Crippen molar-refractivity contribution in [3.63, 3.8) is 0 Å². The fraction of sp³-hybridized carbons (Fsp3) is 0.257. The zero-order valence-electron chi connectivity index (χ0n) is 24.4. The number of urea groups is 1. The van der Waals surface area contributed by atoms with E-state index in [1.54, 1.807) is 23.9 Å². The van der Waals surface area contributed by atoms with Crippen LogP contribution in [0.15, 0.2) is 102 Å². The highest BCUT2D eigenvalue weighted by Gasteiger charge is 2.32. The largest absolute Gasteiger partial charge is 0.478 e. The van der Waals surface area contributed by atoms with E-state index in [1.807, 2.05) is 85.8 Å². The molecular formula is C35H36N2O6S. The van der Waals surface area contributed by atoms with Crippen LogP contribution in [0.2, 0.25) is 0 Å². The minimum absolute atomic E-state index is 0.0164. The summed E-state index contributed by atoms with van der Waals surface area (Å²) in [4.78, 5) is 24.0. The van der Waals surface area contributed by atoms with E-state index in [0.29, 0.717) is 25.3 Å². The molecule has 1 fully saturated rings. The first-order valence-electron chi connectivity index (χ1n) is 14.6. The molecule has 0 spiro atoms. The maximum atomic E-state index is 11.8. The Morgan fingerprint density at radius 3 is 2.25 bits per heavy atom. The van der Waals surface area contributed by atoms with E-state index in [0.717, 1.165) is 38.3 Å². The number of carbonyl (C=O) groups is 2. The number of nitrogens with one attached hydrogen (secondary N) is 2. The smallest absolute Gasteiger partial charge is 0.335 e. The van der Waals surface area contributed by atoms with Crippen LogP contribution in [0.5, 0.6) is 0 Å². The van der Waals surface area contributed by atoms with E-state index in [1.165, 1.54) is 0 Å². The van der Waals surface area contributed by atoms with Gasteiger partial charge in [0.15, 0.2) is 6.29 Å². The average Bonchev–Trinajstić information content (AvgIpc) is 3.07. The number of aliphatic hydroxyl groups is 1. The van der Waals surface area contributed by atoms with Gasteiger partial charge < -0.3 is 30.3 Å². The summed E-state index contributed by atoms with van der Waals surface area (Å²) in [7, 11) is 0. The van der Waals surface area contributed by atoms with Crippen LogP contribution >= 0.6 is 11.8 Å². The van der Waals surface area contributed by atoms with Gasteiger partial charge >= 0.3 is 12.0 Å². The molecule has 0 aromatic heterocycles. The second-order valence-electron chi connectivity index (χ2n) is 10.5. The normalized spacial score (nSPS) is 18.0. The van der Waals surface area contributed by atoms with Gasteiger partial charge in [-0.05, 0) is 65.1 Å². The molecule has 8 nitrogen and oxygen atoms in total. The lowest BCUT2D eigenvalue weighted by Crippen LogP contribution is -2.34. The second-order valence-corrected chi connectivity index (χ2v) is 11.6. The summed E-state index contributed by atoms with van der Waals surface area (Å²) in [6.45, 7) is 2.88. The van der Waals surface area contributed by atoms with Crippen molar-refractivity contribution in [2.45, 2.75) is 49.9 Å². The number of benzene rings is 4. The van der Waals surface area contributed by atoms with Gasteiger partial charge in [0.25, 0.3) is 0 Å². The van der Waals surface area contributed by atoms with Crippen molar-refractivity contribution < 1.29 is 29.3 Å². The number of aliphatic hydroxyl groups excluding tert-OH is 1. The summed E-state index contributed by atoms with van der Waals surface area (Å²) in [5.74, 6) is -0.272. The molecule has 1 aliphatic rings. The Labute approximate surface area is 261 Å². The third-order valence-electron chi connectivity index (χ3n) is 7.39. The van der Waals surface area contributed by atoms with Crippen LogP contribution in [-0.2, 0) is 22.6 Å². The van der Waals surface area contributed by atoms with Gasteiger partial charge in [-0.3, -0.25) is 0 Å². The fourth-order valence-corrected chi connectivity index (χ4v) is 5.93. The maximum Gasteiger partial charge on any atom is 0.335 e. The number of thioether (sulfide) groups is 1. The Hall–Kier alpha value is -4.15. The summed E-state index contributed by atoms with van der Waals surface area (Å²) in [6.07, 6.45) is -0.234. The molecule has 4 N–H and O–H groups in total. The molecule has 228 valence electrons. The van der Waals surface area contributed by atoms with Gasteiger partial charge in [0.1, 0.15) is 0 Å². The molecule has 9 heteroatoms. The van der Waals surface area contributed by atoms with Gasteiger partial charge in [0, 0.05) is 35.7 Å². The van der Waals surface area contributed by atoms with Crippen molar-refractivity contribution in [1.29, 1.82) is 0 Å². The minimum Gasteiger partial charge on any atom is -0.478 e. The zero-order chi connectivity index (χ0) is 30.9. The lowest BCUT2D eigenvalue weighted by atomic mass is 9.99. The lowest BCUT2D eigenvalue weighted by Gasteiger charge is -2.36. The Balaban J connectivity index is 1.30. The highest BCUT2D eigenvalue weighted by Crippen LogP contribution is 2.40. The summed E-state index contributed by atoms with van der Waals surface area (Å²) in [5.41, 5.74) is 6.11. The van der Waals surface area contributed by atoms with Crippen molar-refractivity contribution in [3.8, 4) is 11.1 Å². The van der Waals surface area contributed by atoms with Gasteiger partial charge in [-0.1, -0.05) is 66.7 Å². The molecule has 44 heavy (non-hydrogen) atoms. The van der Waals surface area contributed by atoms with Crippen molar-refractivity contribution in [3.05, 3.63) is 125 Å². The maximum absolute atomic E-state index is 11.8. The molecule has 1 aliphatic heterocycles. The number of amides is 2. The lowest BCUT2D eigenvalue weighted by molar-refractivity contribution is -0.245. The van der Waals surface area contributed by atoms with Crippen LogP contribution in [0.3, 0.4) is 0 Å². The molecule has 1 heterocycles. The van der Waals surface area contributed by atoms with Crippen molar-refractivity contribution in [2.24, 2.45) is 0 Å². The molecule has 0 aliphatic carbocycles. The summed E-state index contributed by atoms with van der Waals surface area (Å²) in [6, 6.07) is 30.7. The van der Waals surface area contributed by atoms with E-state index in [2.05, 4.69) is 16.7 Å². The number of rotatable bonds is 11. The SMILES string of the molecule is CCNC(=O)NCc1cccc(-c2ccc([C@H]3O[C@@H](CSc4ccc(C(=O)O)cc4)C[C@@H](c4ccc(CO)cc4)O3)cc2)c1. The van der Waals surface area contributed by atoms with Crippen LogP contribution in [0.1, 0.15) is 58.4 Å². The molecule has 0 unspecified atom stereocenters. The molecule has 2 amide bonds. The minimum atomic E-state index is -0.945. The monoisotopic (exact) mass is 612 g/mol. The van der Waals surface area contributed by atoms with Crippen LogP contribution in [-0.4, -0.2) is 40.6 Å². The van der Waals surface area contributed by atoms with Crippen molar-refractivity contribution in [1.82, 2.24) is 10.6 Å². The summed E-state index contributed by atoms with van der Waals surface area (Å²) >= 11 is 1.62. The molecule has 0 bridgehead atoms. The third kappa shape index (κ3) is 8.27. The number of ether oxygens (including phenoxy) is 2. The molecule has 1 saturated heterocycles.